The minimum Gasteiger partial charge on any atom is -0.350 e. The van der Waals surface area contributed by atoms with Crippen LogP contribution in [-0.4, -0.2) is 11.7 Å². The molecule has 0 aromatic heterocycles. The largest absolute Gasteiger partial charge is 0.350 e. The summed E-state index contributed by atoms with van der Waals surface area (Å²) in [6, 6.07) is -0.577. The maximum atomic E-state index is 10.5. The summed E-state index contributed by atoms with van der Waals surface area (Å²) in [5, 5.41) is 4.03. The number of rotatable bonds is 1. The first-order valence-corrected chi connectivity index (χ1v) is 5.29. The number of primary amides is 1. The fourth-order valence-corrected chi connectivity index (χ4v) is 1.84. The number of hydrogen-bond acceptors (Lipinski definition) is 2. The summed E-state index contributed by atoms with van der Waals surface area (Å²) < 4.78 is 0. The zero-order valence-electron chi connectivity index (χ0n) is 8.75. The fraction of sp³-hybridized carbons (Fsp3) is 0.800. The molecule has 14 heavy (non-hydrogen) atoms. The van der Waals surface area contributed by atoms with E-state index in [-0.39, 0.29) is 0 Å². The van der Waals surface area contributed by atoms with Crippen molar-refractivity contribution in [3.63, 3.8) is 0 Å². The Morgan fingerprint density at radius 2 is 2.29 bits per heavy atom. The molecular weight excluding hydrogens is 178 g/mol. The highest BCUT2D eigenvalue weighted by Crippen LogP contribution is 2.19. The van der Waals surface area contributed by atoms with Gasteiger partial charge in [0.15, 0.2) is 0 Å². The van der Waals surface area contributed by atoms with Crippen molar-refractivity contribution in [1.29, 1.82) is 0 Å². The van der Waals surface area contributed by atoms with Crippen molar-refractivity contribution in [2.75, 3.05) is 0 Å². The SMILES string of the molecule is CC1CCCCC/C(=N/NC(N)=O)C1. The van der Waals surface area contributed by atoms with E-state index in [4.69, 9.17) is 5.73 Å². The maximum Gasteiger partial charge on any atom is 0.332 e. The van der Waals surface area contributed by atoms with E-state index < -0.39 is 6.03 Å². The third kappa shape index (κ3) is 4.25. The van der Waals surface area contributed by atoms with Crippen molar-refractivity contribution in [2.45, 2.75) is 45.4 Å². The van der Waals surface area contributed by atoms with E-state index in [1.807, 2.05) is 0 Å². The molecule has 0 saturated heterocycles. The van der Waals surface area contributed by atoms with Crippen molar-refractivity contribution >= 4 is 11.7 Å². The molecule has 0 heterocycles. The van der Waals surface area contributed by atoms with Crippen molar-refractivity contribution in [3.8, 4) is 0 Å². The molecule has 4 nitrogen and oxygen atoms in total. The van der Waals surface area contributed by atoms with E-state index in [1.54, 1.807) is 0 Å². The number of hydrazone groups is 1. The van der Waals surface area contributed by atoms with Crippen LogP contribution in [0.3, 0.4) is 0 Å². The summed E-state index contributed by atoms with van der Waals surface area (Å²) in [6.45, 7) is 2.23. The van der Waals surface area contributed by atoms with Gasteiger partial charge in [0.05, 0.1) is 0 Å². The molecule has 1 aliphatic rings. The summed E-state index contributed by atoms with van der Waals surface area (Å²) in [4.78, 5) is 10.5. The summed E-state index contributed by atoms with van der Waals surface area (Å²) in [5.41, 5.74) is 8.35. The third-order valence-corrected chi connectivity index (χ3v) is 2.57. The van der Waals surface area contributed by atoms with Gasteiger partial charge in [-0.3, -0.25) is 0 Å². The van der Waals surface area contributed by atoms with Crippen LogP contribution in [0.2, 0.25) is 0 Å². The van der Waals surface area contributed by atoms with Gasteiger partial charge < -0.3 is 5.73 Å². The van der Waals surface area contributed by atoms with Gasteiger partial charge in [-0.05, 0) is 25.2 Å². The lowest BCUT2D eigenvalue weighted by Gasteiger charge is -2.16. The van der Waals surface area contributed by atoms with Crippen LogP contribution in [0.1, 0.15) is 45.4 Å². The van der Waals surface area contributed by atoms with Crippen LogP contribution in [0, 0.1) is 5.92 Å². The van der Waals surface area contributed by atoms with Gasteiger partial charge in [0.2, 0.25) is 0 Å². The zero-order valence-corrected chi connectivity index (χ0v) is 8.75. The Morgan fingerprint density at radius 1 is 1.50 bits per heavy atom. The van der Waals surface area contributed by atoms with Crippen LogP contribution in [0.15, 0.2) is 5.10 Å². The van der Waals surface area contributed by atoms with E-state index in [0.717, 1.165) is 18.6 Å². The van der Waals surface area contributed by atoms with Gasteiger partial charge >= 0.3 is 6.03 Å². The predicted molar refractivity (Wildman–Crippen MR) is 57.0 cm³/mol. The Bertz CT molecular complexity index is 225. The number of urea groups is 1. The number of hydrogen-bond donors (Lipinski definition) is 2. The van der Waals surface area contributed by atoms with Gasteiger partial charge in [-0.1, -0.05) is 26.2 Å². The molecule has 1 atom stereocenters. The smallest absolute Gasteiger partial charge is 0.332 e. The average Bonchev–Trinajstić information content (AvgIpc) is 2.08. The molecule has 2 amide bonds. The van der Waals surface area contributed by atoms with Crippen LogP contribution in [0.25, 0.3) is 0 Å². The highest BCUT2D eigenvalue weighted by molar-refractivity contribution is 5.86. The molecule has 0 spiro atoms. The van der Waals surface area contributed by atoms with E-state index >= 15 is 0 Å². The van der Waals surface area contributed by atoms with Gasteiger partial charge in [0.25, 0.3) is 0 Å². The van der Waals surface area contributed by atoms with Crippen LogP contribution >= 0.6 is 0 Å². The molecule has 1 fully saturated rings. The summed E-state index contributed by atoms with van der Waals surface area (Å²) in [7, 11) is 0. The number of carbonyl (C=O) groups excluding carboxylic acids is 1. The number of amides is 2. The fourth-order valence-electron chi connectivity index (χ4n) is 1.84. The first-order valence-electron chi connectivity index (χ1n) is 5.29. The lowest BCUT2D eigenvalue weighted by molar-refractivity contribution is 0.249. The lowest BCUT2D eigenvalue weighted by Crippen LogP contribution is -2.26. The van der Waals surface area contributed by atoms with Gasteiger partial charge in [0, 0.05) is 5.71 Å². The topological polar surface area (TPSA) is 67.5 Å². The molecule has 4 heteroatoms. The molecule has 1 unspecified atom stereocenters. The lowest BCUT2D eigenvalue weighted by atomic mass is 9.91. The normalized spacial score (nSPS) is 26.6. The minimum atomic E-state index is -0.577. The monoisotopic (exact) mass is 197 g/mol. The highest BCUT2D eigenvalue weighted by atomic mass is 16.2. The molecule has 3 N–H and O–H groups in total. The Kier molecular flexibility index (Phi) is 4.43. The molecule has 0 aromatic rings. The average molecular weight is 197 g/mol. The number of nitrogens with two attached hydrogens (primary N) is 1. The van der Waals surface area contributed by atoms with Crippen molar-refractivity contribution < 1.29 is 4.79 Å². The molecule has 1 aliphatic carbocycles. The van der Waals surface area contributed by atoms with Gasteiger partial charge in [0.1, 0.15) is 0 Å². The number of carbonyl (C=O) groups is 1. The van der Waals surface area contributed by atoms with Crippen molar-refractivity contribution in [3.05, 3.63) is 0 Å². The second-order valence-electron chi connectivity index (χ2n) is 4.06. The number of nitrogens with one attached hydrogen (secondary N) is 1. The molecule has 0 bridgehead atoms. The van der Waals surface area contributed by atoms with Crippen molar-refractivity contribution in [1.82, 2.24) is 5.43 Å². The molecule has 0 aliphatic heterocycles. The highest BCUT2D eigenvalue weighted by Gasteiger charge is 2.11. The quantitative estimate of drug-likeness (QED) is 0.620. The predicted octanol–water partition coefficient (Wildman–Crippen LogP) is 2.00. The Labute approximate surface area is 84.9 Å². The molecule has 0 radical (unpaired) electrons. The molecule has 1 rings (SSSR count). The summed E-state index contributed by atoms with van der Waals surface area (Å²) in [5.74, 6) is 0.670. The van der Waals surface area contributed by atoms with Gasteiger partial charge in [-0.15, -0.1) is 0 Å². The van der Waals surface area contributed by atoms with Crippen LogP contribution in [-0.2, 0) is 0 Å². The second kappa shape index (κ2) is 5.62. The van der Waals surface area contributed by atoms with Crippen LogP contribution in [0.4, 0.5) is 4.79 Å². The zero-order chi connectivity index (χ0) is 10.4. The number of nitrogens with zero attached hydrogens (tertiary/aromatic N) is 1. The summed E-state index contributed by atoms with van der Waals surface area (Å²) >= 11 is 0. The van der Waals surface area contributed by atoms with Crippen LogP contribution < -0.4 is 11.2 Å². The van der Waals surface area contributed by atoms with E-state index in [1.165, 1.54) is 25.7 Å². The standard InChI is InChI=1S/C10H19N3O/c1-8-5-3-2-4-6-9(7-8)12-13-10(11)14/h8H,2-7H2,1H3,(H3,11,13,14)/b12-9-. The first-order chi connectivity index (χ1) is 6.68. The Hall–Kier alpha value is -1.06. The van der Waals surface area contributed by atoms with E-state index in [2.05, 4.69) is 17.5 Å². The van der Waals surface area contributed by atoms with E-state index in [0.29, 0.717) is 5.92 Å². The first kappa shape index (κ1) is 11.0. The molecular formula is C10H19N3O. The van der Waals surface area contributed by atoms with E-state index in [9.17, 15) is 4.79 Å². The minimum absolute atomic E-state index is 0.577. The Balaban J connectivity index is 2.47. The van der Waals surface area contributed by atoms with Gasteiger partial charge in [-0.2, -0.15) is 5.10 Å². The second-order valence-corrected chi connectivity index (χ2v) is 4.06. The van der Waals surface area contributed by atoms with Crippen LogP contribution in [0.5, 0.6) is 0 Å². The molecule has 80 valence electrons. The molecule has 1 saturated carbocycles. The maximum absolute atomic E-state index is 10.5. The molecule has 0 aromatic carbocycles. The van der Waals surface area contributed by atoms with Gasteiger partial charge in [-0.25, -0.2) is 10.2 Å². The summed E-state index contributed by atoms with van der Waals surface area (Å²) in [6.07, 6.45) is 6.99. The van der Waals surface area contributed by atoms with Crippen molar-refractivity contribution in [2.24, 2.45) is 16.8 Å². The Morgan fingerprint density at radius 3 is 3.00 bits per heavy atom. The third-order valence-electron chi connectivity index (χ3n) is 2.57.